The average molecular weight is 575 g/mol. The number of nitrogens with one attached hydrogen (secondary N) is 2. The molecule has 0 unspecified atom stereocenters. The van der Waals surface area contributed by atoms with Crippen LogP contribution in [0.15, 0.2) is 54.0 Å². The molecule has 39 heavy (non-hydrogen) atoms. The van der Waals surface area contributed by atoms with Gasteiger partial charge >= 0.3 is 6.18 Å². The number of thiazole rings is 1. The summed E-state index contributed by atoms with van der Waals surface area (Å²) in [6, 6.07) is 9.52. The Hall–Kier alpha value is -3.19. The van der Waals surface area contributed by atoms with Crippen molar-refractivity contribution in [3.63, 3.8) is 0 Å². The standard InChI is InChI=1S/C27H22F4N4O2S2/c28-21-19-6-3-16(15-1-4-17(5-2-15)27(29,30)31)11-20(19)39-22(21)25(37)35-12-18(13-35)34-26(7-8-32-14-26)23(36)24-33-9-10-38-24/h1-6,9-11,18,32,34H,7-8,12-14H2/t26-/m0/s1. The first kappa shape index (κ1) is 26.1. The Bertz CT molecular complexity index is 1540. The Kier molecular flexibility index (Phi) is 6.53. The molecule has 2 N–H and O–H groups in total. The van der Waals surface area contributed by atoms with Crippen LogP contribution in [0.5, 0.6) is 0 Å². The fourth-order valence-corrected chi connectivity index (χ4v) is 6.88. The molecule has 0 radical (unpaired) electrons. The van der Waals surface area contributed by atoms with Crippen molar-refractivity contribution in [2.45, 2.75) is 24.2 Å². The minimum atomic E-state index is -4.43. The summed E-state index contributed by atoms with van der Waals surface area (Å²) < 4.78 is 54.4. The number of aromatic nitrogens is 1. The van der Waals surface area contributed by atoms with Crippen molar-refractivity contribution in [2.75, 3.05) is 26.2 Å². The van der Waals surface area contributed by atoms with Gasteiger partial charge in [-0.25, -0.2) is 9.37 Å². The van der Waals surface area contributed by atoms with E-state index >= 15 is 4.39 Å². The molecule has 4 heterocycles. The van der Waals surface area contributed by atoms with E-state index in [2.05, 4.69) is 15.6 Å². The Morgan fingerprint density at radius 2 is 1.85 bits per heavy atom. The molecule has 0 saturated carbocycles. The molecule has 1 atom stereocenters. The van der Waals surface area contributed by atoms with Crippen molar-refractivity contribution in [1.29, 1.82) is 0 Å². The molecule has 2 fully saturated rings. The first-order valence-electron chi connectivity index (χ1n) is 12.3. The maximum atomic E-state index is 15.2. The van der Waals surface area contributed by atoms with Crippen molar-refractivity contribution < 1.29 is 27.2 Å². The van der Waals surface area contributed by atoms with Crippen molar-refractivity contribution in [1.82, 2.24) is 20.5 Å². The van der Waals surface area contributed by atoms with E-state index in [1.54, 1.807) is 34.7 Å². The number of halogens is 4. The SMILES string of the molecule is O=C(c1sc2cc(-c3ccc(C(F)(F)F)cc3)ccc2c1F)N1CC(N[C@@]2(C(=O)c3nccs3)CCNC2)C1. The van der Waals surface area contributed by atoms with Crippen LogP contribution < -0.4 is 10.6 Å². The monoisotopic (exact) mass is 574 g/mol. The normalized spacial score (nSPS) is 19.9. The predicted octanol–water partition coefficient (Wildman–Crippen LogP) is 5.21. The number of likely N-dealkylation sites (tertiary alicyclic amines) is 1. The van der Waals surface area contributed by atoms with E-state index in [0.717, 1.165) is 23.5 Å². The number of ketones is 1. The van der Waals surface area contributed by atoms with E-state index < -0.39 is 29.0 Å². The van der Waals surface area contributed by atoms with Crippen LogP contribution in [-0.2, 0) is 6.18 Å². The third-order valence-corrected chi connectivity index (χ3v) is 9.12. The van der Waals surface area contributed by atoms with Crippen LogP contribution in [0, 0.1) is 5.82 Å². The molecule has 0 spiro atoms. The van der Waals surface area contributed by atoms with Crippen molar-refractivity contribution in [2.24, 2.45) is 0 Å². The van der Waals surface area contributed by atoms with Gasteiger partial charge in [-0.05, 0) is 48.4 Å². The highest BCUT2D eigenvalue weighted by atomic mass is 32.1. The van der Waals surface area contributed by atoms with E-state index in [4.69, 9.17) is 0 Å². The van der Waals surface area contributed by atoms with Gasteiger partial charge in [-0.15, -0.1) is 22.7 Å². The topological polar surface area (TPSA) is 74.3 Å². The summed E-state index contributed by atoms with van der Waals surface area (Å²) in [7, 11) is 0. The number of amides is 1. The molecule has 1 amide bonds. The fraction of sp³-hybridized carbons (Fsp3) is 0.296. The van der Waals surface area contributed by atoms with Gasteiger partial charge in [0.25, 0.3) is 5.91 Å². The number of thiophene rings is 1. The van der Waals surface area contributed by atoms with Gasteiger partial charge in [-0.2, -0.15) is 13.2 Å². The second-order valence-electron chi connectivity index (χ2n) is 9.76. The highest BCUT2D eigenvalue weighted by Gasteiger charge is 2.46. The highest BCUT2D eigenvalue weighted by Crippen LogP contribution is 2.36. The first-order valence-corrected chi connectivity index (χ1v) is 14.0. The summed E-state index contributed by atoms with van der Waals surface area (Å²) in [6.07, 6.45) is -2.21. The fourth-order valence-electron chi connectivity index (χ4n) is 5.12. The summed E-state index contributed by atoms with van der Waals surface area (Å²) in [5.74, 6) is -1.09. The van der Waals surface area contributed by atoms with Crippen LogP contribution in [0.25, 0.3) is 21.2 Å². The zero-order valence-corrected chi connectivity index (χ0v) is 22.0. The van der Waals surface area contributed by atoms with Gasteiger partial charge in [0.15, 0.2) is 10.8 Å². The number of alkyl halides is 3. The summed E-state index contributed by atoms with van der Waals surface area (Å²) in [5.41, 5.74) is -0.335. The molecule has 202 valence electrons. The van der Waals surface area contributed by atoms with E-state index in [0.29, 0.717) is 58.8 Å². The molecule has 0 bridgehead atoms. The van der Waals surface area contributed by atoms with E-state index in [1.165, 1.54) is 23.5 Å². The maximum Gasteiger partial charge on any atom is 0.416 e. The van der Waals surface area contributed by atoms with Gasteiger partial charge in [0.05, 0.1) is 11.1 Å². The lowest BCUT2D eigenvalue weighted by molar-refractivity contribution is -0.137. The average Bonchev–Trinajstić information content (AvgIpc) is 3.66. The van der Waals surface area contributed by atoms with E-state index in [1.807, 2.05) is 0 Å². The summed E-state index contributed by atoms with van der Waals surface area (Å²) in [6.45, 7) is 1.86. The van der Waals surface area contributed by atoms with Gasteiger partial charge in [-0.3, -0.25) is 14.9 Å². The lowest BCUT2D eigenvalue weighted by atomic mass is 9.90. The summed E-state index contributed by atoms with van der Waals surface area (Å²) in [5, 5.41) is 9.17. The van der Waals surface area contributed by atoms with E-state index in [9.17, 15) is 22.8 Å². The van der Waals surface area contributed by atoms with Gasteiger partial charge in [-0.1, -0.05) is 18.2 Å². The van der Waals surface area contributed by atoms with E-state index in [-0.39, 0.29) is 16.7 Å². The van der Waals surface area contributed by atoms with Crippen molar-refractivity contribution in [3.05, 3.63) is 75.3 Å². The molecule has 12 heteroatoms. The van der Waals surface area contributed by atoms with Gasteiger partial charge in [0.2, 0.25) is 5.78 Å². The third kappa shape index (κ3) is 4.75. The number of benzene rings is 2. The van der Waals surface area contributed by atoms with Gasteiger partial charge in [0, 0.05) is 47.3 Å². The molecule has 2 aliphatic rings. The van der Waals surface area contributed by atoms with Crippen LogP contribution in [-0.4, -0.2) is 59.3 Å². The molecular weight excluding hydrogens is 552 g/mol. The Morgan fingerprint density at radius 1 is 1.10 bits per heavy atom. The number of hydrogen-bond donors (Lipinski definition) is 2. The molecule has 4 aromatic rings. The zero-order valence-electron chi connectivity index (χ0n) is 20.3. The molecule has 2 aromatic heterocycles. The number of nitrogens with zero attached hydrogens (tertiary/aromatic N) is 2. The van der Waals surface area contributed by atoms with Crippen LogP contribution in [0.1, 0.15) is 31.5 Å². The predicted molar refractivity (Wildman–Crippen MR) is 142 cm³/mol. The summed E-state index contributed by atoms with van der Waals surface area (Å²) >= 11 is 2.32. The molecule has 6 rings (SSSR count). The molecule has 0 aliphatic carbocycles. The van der Waals surface area contributed by atoms with Gasteiger partial charge in [0.1, 0.15) is 4.88 Å². The highest BCUT2D eigenvalue weighted by molar-refractivity contribution is 7.20. The minimum Gasteiger partial charge on any atom is -0.335 e. The van der Waals surface area contributed by atoms with Crippen LogP contribution >= 0.6 is 22.7 Å². The number of Topliss-reactive ketones (excluding diaryl/α,β-unsaturated/α-hetero) is 1. The number of fused-ring (bicyclic) bond motifs is 1. The second-order valence-corrected chi connectivity index (χ2v) is 11.7. The number of carbonyl (C=O) groups excluding carboxylic acids is 2. The zero-order chi connectivity index (χ0) is 27.4. The third-order valence-electron chi connectivity index (χ3n) is 7.23. The number of hydrogen-bond acceptors (Lipinski definition) is 7. The largest absolute Gasteiger partial charge is 0.416 e. The molecule has 2 saturated heterocycles. The smallest absolute Gasteiger partial charge is 0.335 e. The molecule has 2 aromatic carbocycles. The van der Waals surface area contributed by atoms with Crippen LogP contribution in [0.4, 0.5) is 17.6 Å². The lowest BCUT2D eigenvalue weighted by Crippen LogP contribution is -2.67. The summed E-state index contributed by atoms with van der Waals surface area (Å²) in [4.78, 5) is 32.0. The molecule has 2 aliphatic heterocycles. The molecule has 6 nitrogen and oxygen atoms in total. The van der Waals surface area contributed by atoms with Crippen molar-refractivity contribution in [3.8, 4) is 11.1 Å². The lowest BCUT2D eigenvalue weighted by Gasteiger charge is -2.43. The Balaban J connectivity index is 1.16. The maximum absolute atomic E-state index is 15.2. The van der Waals surface area contributed by atoms with Gasteiger partial charge < -0.3 is 10.2 Å². The second kappa shape index (κ2) is 9.77. The quantitative estimate of drug-likeness (QED) is 0.244. The Labute approximate surface area is 228 Å². The number of carbonyl (C=O) groups is 2. The first-order chi connectivity index (χ1) is 18.6. The van der Waals surface area contributed by atoms with Crippen LogP contribution in [0.3, 0.4) is 0 Å². The Morgan fingerprint density at radius 3 is 2.49 bits per heavy atom. The minimum absolute atomic E-state index is 0.0101. The van der Waals surface area contributed by atoms with Crippen molar-refractivity contribution >= 4 is 44.5 Å². The molecular formula is C27H22F4N4O2S2. The van der Waals surface area contributed by atoms with Crippen LogP contribution in [0.2, 0.25) is 0 Å². The number of rotatable bonds is 6.